The third kappa shape index (κ3) is 3.08. The van der Waals surface area contributed by atoms with Gasteiger partial charge in [0.1, 0.15) is 5.92 Å². The Morgan fingerprint density at radius 3 is 2.68 bits per heavy atom. The summed E-state index contributed by atoms with van der Waals surface area (Å²) in [6.45, 7) is 3.69. The average Bonchev–Trinajstić information content (AvgIpc) is 2.99. The van der Waals surface area contributed by atoms with Gasteiger partial charge in [-0.3, -0.25) is 4.79 Å². The number of ether oxygens (including phenoxy) is 2. The Balaban J connectivity index is 1.88. The second kappa shape index (κ2) is 6.62. The molecule has 0 aliphatic carbocycles. The van der Waals surface area contributed by atoms with Crippen molar-refractivity contribution in [3.05, 3.63) is 32.8 Å². The first-order chi connectivity index (χ1) is 11.9. The van der Waals surface area contributed by atoms with Crippen molar-refractivity contribution in [3.63, 3.8) is 0 Å². The van der Waals surface area contributed by atoms with Gasteiger partial charge in [0.15, 0.2) is 11.5 Å². The molecule has 0 aromatic heterocycles. The molecule has 0 spiro atoms. The lowest BCUT2D eigenvalue weighted by Gasteiger charge is -2.34. The van der Waals surface area contributed by atoms with Gasteiger partial charge < -0.3 is 14.8 Å². The molecule has 0 saturated carbocycles. The second-order valence-corrected chi connectivity index (χ2v) is 8.01. The Morgan fingerprint density at radius 1 is 1.36 bits per heavy atom. The Hall–Kier alpha value is -2.16. The molecule has 1 aromatic carbocycles. The highest BCUT2D eigenvalue weighted by Crippen LogP contribution is 2.44. The summed E-state index contributed by atoms with van der Waals surface area (Å²) in [5.74, 6) is 0.612. The van der Waals surface area contributed by atoms with Gasteiger partial charge in [-0.25, -0.2) is 0 Å². The number of carbonyl (C=O) groups is 1. The number of carbonyl (C=O) groups excluding carboxylic acids is 1. The number of hydrogen-bond acceptors (Lipinski definition) is 6. The molecule has 0 fully saturated rings. The van der Waals surface area contributed by atoms with Crippen LogP contribution in [0, 0.1) is 34.0 Å². The lowest BCUT2D eigenvalue weighted by Crippen LogP contribution is -2.44. The van der Waals surface area contributed by atoms with Crippen LogP contribution in [0.1, 0.15) is 19.4 Å². The van der Waals surface area contributed by atoms with Crippen LogP contribution in [0.25, 0.3) is 0 Å². The fraction of sp³-hybridized carbons (Fsp3) is 0.353. The Morgan fingerprint density at radius 2 is 2.04 bits per heavy atom. The molecule has 1 amide bonds. The lowest BCUT2D eigenvalue weighted by molar-refractivity contribution is -0.125. The molecular formula is C17H14BrN3O3S. The minimum absolute atomic E-state index is 0.196. The summed E-state index contributed by atoms with van der Waals surface area (Å²) in [4.78, 5) is 12.2. The van der Waals surface area contributed by atoms with E-state index >= 15 is 0 Å². The number of thioether (sulfide) groups is 1. The van der Waals surface area contributed by atoms with Crippen molar-refractivity contribution in [2.45, 2.75) is 19.6 Å². The molecule has 3 rings (SSSR count). The maximum Gasteiger partial charge on any atom is 0.243 e. The van der Waals surface area contributed by atoms with Crippen molar-refractivity contribution in [1.29, 1.82) is 10.5 Å². The molecule has 0 saturated heterocycles. The first-order valence-corrected chi connectivity index (χ1v) is 9.22. The molecule has 0 radical (unpaired) electrons. The summed E-state index contributed by atoms with van der Waals surface area (Å²) in [6.07, 6.45) is 0. The third-order valence-electron chi connectivity index (χ3n) is 4.25. The summed E-state index contributed by atoms with van der Waals surface area (Å²) in [7, 11) is 0. The Labute approximate surface area is 157 Å². The van der Waals surface area contributed by atoms with Gasteiger partial charge in [0.05, 0.1) is 22.7 Å². The number of nitrogens with zero attached hydrogens (tertiary/aromatic N) is 2. The second-order valence-electron chi connectivity index (χ2n) is 6.17. The molecular weight excluding hydrogens is 406 g/mol. The fourth-order valence-electron chi connectivity index (χ4n) is 2.75. The van der Waals surface area contributed by atoms with Gasteiger partial charge in [-0.05, 0) is 17.7 Å². The molecule has 1 aromatic rings. The molecule has 0 bridgehead atoms. The number of benzene rings is 1. The summed E-state index contributed by atoms with van der Waals surface area (Å²) < 4.78 is 11.6. The molecule has 2 aliphatic heterocycles. The number of nitriles is 2. The van der Waals surface area contributed by atoms with E-state index in [2.05, 4.69) is 27.3 Å². The smallest absolute Gasteiger partial charge is 0.243 e. The van der Waals surface area contributed by atoms with Crippen LogP contribution in [-0.2, 0) is 10.5 Å². The van der Waals surface area contributed by atoms with E-state index in [1.54, 1.807) is 13.8 Å². The van der Waals surface area contributed by atoms with Crippen molar-refractivity contribution >= 4 is 33.6 Å². The van der Waals surface area contributed by atoms with Crippen LogP contribution in [0.3, 0.4) is 0 Å². The number of allylic oxidation sites excluding steroid dienone is 1. The maximum atomic E-state index is 12.2. The van der Waals surface area contributed by atoms with Crippen LogP contribution in [0.2, 0.25) is 0 Å². The average molecular weight is 420 g/mol. The van der Waals surface area contributed by atoms with Crippen molar-refractivity contribution < 1.29 is 14.3 Å². The van der Waals surface area contributed by atoms with Gasteiger partial charge in [0.25, 0.3) is 0 Å². The molecule has 1 N–H and O–H groups in total. The number of halogens is 1. The SMILES string of the molecule is CC1(C)C(C#N)=C(SCc2cc3c(cc2Br)OCO3)NC(=O)C1C#N. The van der Waals surface area contributed by atoms with Crippen molar-refractivity contribution in [2.75, 3.05) is 6.79 Å². The topological polar surface area (TPSA) is 95.1 Å². The third-order valence-corrected chi connectivity index (χ3v) is 6.03. The van der Waals surface area contributed by atoms with Crippen molar-refractivity contribution in [1.82, 2.24) is 5.32 Å². The van der Waals surface area contributed by atoms with E-state index in [0.717, 1.165) is 10.0 Å². The summed E-state index contributed by atoms with van der Waals surface area (Å²) in [5, 5.41) is 22.0. The first kappa shape index (κ1) is 17.7. The van der Waals surface area contributed by atoms with Gasteiger partial charge in [0, 0.05) is 15.6 Å². The van der Waals surface area contributed by atoms with E-state index in [4.69, 9.17) is 9.47 Å². The maximum absolute atomic E-state index is 12.2. The normalized spacial score (nSPS) is 20.7. The first-order valence-electron chi connectivity index (χ1n) is 7.44. The molecule has 2 heterocycles. The standard InChI is InChI=1S/C17H14BrN3O3S/c1-17(2)10(5-19)15(22)21-16(11(17)6-20)25-7-9-3-13-14(4-12(9)18)24-8-23-13/h3-4,10H,7-8H2,1-2H3,(H,21,22). The highest BCUT2D eigenvalue weighted by atomic mass is 79.9. The van der Waals surface area contributed by atoms with Gasteiger partial charge in [-0.2, -0.15) is 10.5 Å². The molecule has 2 aliphatic rings. The zero-order valence-corrected chi connectivity index (χ0v) is 16.0. The van der Waals surface area contributed by atoms with Crippen LogP contribution in [0.15, 0.2) is 27.2 Å². The number of fused-ring (bicyclic) bond motifs is 1. The Bertz CT molecular complexity index is 867. The fourth-order valence-corrected chi connectivity index (χ4v) is 4.57. The number of rotatable bonds is 3. The number of nitrogens with one attached hydrogen (secondary N) is 1. The zero-order chi connectivity index (χ0) is 18.2. The van der Waals surface area contributed by atoms with E-state index < -0.39 is 11.3 Å². The zero-order valence-electron chi connectivity index (χ0n) is 13.6. The van der Waals surface area contributed by atoms with E-state index in [-0.39, 0.29) is 12.7 Å². The largest absolute Gasteiger partial charge is 0.454 e. The van der Waals surface area contributed by atoms with Gasteiger partial charge >= 0.3 is 0 Å². The van der Waals surface area contributed by atoms with Crippen molar-refractivity contribution in [2.24, 2.45) is 11.3 Å². The molecule has 128 valence electrons. The van der Waals surface area contributed by atoms with E-state index in [9.17, 15) is 15.3 Å². The van der Waals surface area contributed by atoms with Crippen LogP contribution in [-0.4, -0.2) is 12.7 Å². The number of amides is 1. The molecule has 6 nitrogen and oxygen atoms in total. The monoisotopic (exact) mass is 419 g/mol. The lowest BCUT2D eigenvalue weighted by atomic mass is 9.72. The summed E-state index contributed by atoms with van der Waals surface area (Å²) >= 11 is 4.85. The molecule has 25 heavy (non-hydrogen) atoms. The predicted molar refractivity (Wildman–Crippen MR) is 95.2 cm³/mol. The van der Waals surface area contributed by atoms with Crippen molar-refractivity contribution in [3.8, 4) is 23.6 Å². The van der Waals surface area contributed by atoms with Crippen LogP contribution in [0.4, 0.5) is 0 Å². The van der Waals surface area contributed by atoms with Crippen LogP contribution in [0.5, 0.6) is 11.5 Å². The van der Waals surface area contributed by atoms with E-state index in [0.29, 0.717) is 27.9 Å². The van der Waals surface area contributed by atoms with E-state index in [1.807, 2.05) is 18.2 Å². The van der Waals surface area contributed by atoms with Crippen LogP contribution < -0.4 is 14.8 Å². The quantitative estimate of drug-likeness (QED) is 0.805. The highest BCUT2D eigenvalue weighted by Gasteiger charge is 2.44. The number of hydrogen-bond donors (Lipinski definition) is 1. The molecule has 8 heteroatoms. The van der Waals surface area contributed by atoms with E-state index in [1.165, 1.54) is 11.8 Å². The minimum Gasteiger partial charge on any atom is -0.454 e. The van der Waals surface area contributed by atoms with Gasteiger partial charge in [-0.15, -0.1) is 11.8 Å². The Kier molecular flexibility index (Phi) is 4.68. The van der Waals surface area contributed by atoms with Gasteiger partial charge in [0.2, 0.25) is 12.7 Å². The van der Waals surface area contributed by atoms with Crippen LogP contribution >= 0.6 is 27.7 Å². The summed E-state index contributed by atoms with van der Waals surface area (Å²) in [5.41, 5.74) is 0.536. The molecule has 1 atom stereocenters. The predicted octanol–water partition coefficient (Wildman–Crippen LogP) is 3.44. The van der Waals surface area contributed by atoms with Gasteiger partial charge in [-0.1, -0.05) is 29.8 Å². The summed E-state index contributed by atoms with van der Waals surface area (Å²) in [6, 6.07) is 7.87. The molecule has 1 unspecified atom stereocenters. The highest BCUT2D eigenvalue weighted by molar-refractivity contribution is 9.10. The minimum atomic E-state index is -0.885.